The first-order valence-corrected chi connectivity index (χ1v) is 11.1. The highest BCUT2D eigenvalue weighted by atomic mass is 19.1. The third-order valence-corrected chi connectivity index (χ3v) is 6.06. The molecular weight excluding hydrogens is 443 g/mol. The van der Waals surface area contributed by atoms with Crippen molar-refractivity contribution in [3.63, 3.8) is 0 Å². The van der Waals surface area contributed by atoms with Crippen LogP contribution >= 0.6 is 0 Å². The fourth-order valence-electron chi connectivity index (χ4n) is 4.24. The van der Waals surface area contributed by atoms with Crippen molar-refractivity contribution in [3.8, 4) is 5.75 Å². The second kappa shape index (κ2) is 10.1. The van der Waals surface area contributed by atoms with Crippen molar-refractivity contribution in [1.29, 1.82) is 0 Å². The van der Waals surface area contributed by atoms with Crippen LogP contribution in [0.15, 0.2) is 42.5 Å². The smallest absolute Gasteiger partial charge is 0.323 e. The van der Waals surface area contributed by atoms with Crippen LogP contribution in [0.3, 0.4) is 0 Å². The summed E-state index contributed by atoms with van der Waals surface area (Å²) in [6.45, 7) is 0.233. The maximum atomic E-state index is 13.3. The van der Waals surface area contributed by atoms with Crippen LogP contribution in [0.25, 0.3) is 0 Å². The number of hydrogen-bond donors (Lipinski definition) is 3. The molecule has 4 amide bonds. The summed E-state index contributed by atoms with van der Waals surface area (Å²) < 4.78 is 25.1. The highest BCUT2D eigenvalue weighted by Gasteiger charge is 2.39. The molecular formula is C24H27FN4O5. The molecule has 10 heteroatoms. The van der Waals surface area contributed by atoms with Gasteiger partial charge in [-0.2, -0.15) is 0 Å². The van der Waals surface area contributed by atoms with Gasteiger partial charge in [0.25, 0.3) is 5.91 Å². The first-order valence-electron chi connectivity index (χ1n) is 11.1. The van der Waals surface area contributed by atoms with Gasteiger partial charge in [-0.1, -0.05) is 0 Å². The highest BCUT2D eigenvalue weighted by molar-refractivity contribution is 6.02. The van der Waals surface area contributed by atoms with E-state index in [0.717, 1.165) is 0 Å². The predicted molar refractivity (Wildman–Crippen MR) is 123 cm³/mol. The normalized spacial score (nSPS) is 21.8. The molecule has 2 heterocycles. The molecule has 4 rings (SSSR count). The summed E-state index contributed by atoms with van der Waals surface area (Å²) in [5.41, 5.74) is 1.17. The number of nitrogens with one attached hydrogen (secondary N) is 3. The van der Waals surface area contributed by atoms with Gasteiger partial charge < -0.3 is 30.3 Å². The molecule has 3 atom stereocenters. The maximum absolute atomic E-state index is 13.3. The van der Waals surface area contributed by atoms with Crippen molar-refractivity contribution < 1.29 is 28.2 Å². The number of nitrogens with zero attached hydrogens (tertiary/aromatic N) is 1. The number of halogens is 1. The van der Waals surface area contributed by atoms with Crippen molar-refractivity contribution in [2.75, 3.05) is 31.3 Å². The molecule has 0 saturated carbocycles. The molecule has 2 aliphatic rings. The number of ether oxygens (including phenoxy) is 2. The lowest BCUT2D eigenvalue weighted by Gasteiger charge is -2.42. The Morgan fingerprint density at radius 3 is 2.53 bits per heavy atom. The van der Waals surface area contributed by atoms with Gasteiger partial charge in [0.1, 0.15) is 24.3 Å². The maximum Gasteiger partial charge on any atom is 0.323 e. The van der Waals surface area contributed by atoms with Crippen LogP contribution < -0.4 is 20.7 Å². The Hall–Kier alpha value is -3.66. The molecule has 0 aliphatic carbocycles. The lowest BCUT2D eigenvalue weighted by atomic mass is 9.94. The van der Waals surface area contributed by atoms with Crippen LogP contribution in [0.4, 0.5) is 20.6 Å². The molecule has 2 aliphatic heterocycles. The molecule has 0 aromatic heterocycles. The molecule has 34 heavy (non-hydrogen) atoms. The lowest BCUT2D eigenvalue weighted by Crippen LogP contribution is -2.53. The summed E-state index contributed by atoms with van der Waals surface area (Å²) in [6, 6.07) is 9.49. The number of benzene rings is 2. The van der Waals surface area contributed by atoms with Crippen LogP contribution in [0, 0.1) is 5.82 Å². The predicted octanol–water partition coefficient (Wildman–Crippen LogP) is 2.99. The van der Waals surface area contributed by atoms with Crippen LogP contribution in [0.5, 0.6) is 5.75 Å². The number of carbonyl (C=O) groups excluding carboxylic acids is 3. The van der Waals surface area contributed by atoms with E-state index in [-0.39, 0.29) is 43.1 Å². The van der Waals surface area contributed by atoms with Gasteiger partial charge in [-0.15, -0.1) is 0 Å². The Morgan fingerprint density at radius 2 is 1.79 bits per heavy atom. The van der Waals surface area contributed by atoms with Gasteiger partial charge in [0.15, 0.2) is 0 Å². The molecule has 1 fully saturated rings. The van der Waals surface area contributed by atoms with Crippen molar-refractivity contribution in [2.24, 2.45) is 0 Å². The van der Waals surface area contributed by atoms with Crippen LogP contribution in [0.1, 0.15) is 29.6 Å². The number of carbonyl (C=O) groups is 3. The summed E-state index contributed by atoms with van der Waals surface area (Å²) in [5.74, 6) is -0.353. The van der Waals surface area contributed by atoms with E-state index in [0.29, 0.717) is 35.5 Å². The Kier molecular flexibility index (Phi) is 6.97. The summed E-state index contributed by atoms with van der Waals surface area (Å²) >= 11 is 0. The number of urea groups is 1. The molecule has 1 saturated heterocycles. The van der Waals surface area contributed by atoms with E-state index in [2.05, 4.69) is 16.0 Å². The quantitative estimate of drug-likeness (QED) is 0.637. The van der Waals surface area contributed by atoms with Gasteiger partial charge in [0.2, 0.25) is 5.91 Å². The first-order chi connectivity index (χ1) is 16.3. The summed E-state index contributed by atoms with van der Waals surface area (Å²) in [5, 5.41) is 7.90. The second-order valence-corrected chi connectivity index (χ2v) is 8.34. The van der Waals surface area contributed by atoms with E-state index >= 15 is 0 Å². The van der Waals surface area contributed by atoms with Gasteiger partial charge in [0.05, 0.1) is 24.1 Å². The van der Waals surface area contributed by atoms with Gasteiger partial charge >= 0.3 is 6.03 Å². The molecule has 0 bridgehead atoms. The largest absolute Gasteiger partial charge is 0.490 e. The minimum atomic E-state index is -0.526. The van der Waals surface area contributed by atoms with E-state index in [9.17, 15) is 18.8 Å². The number of anilines is 2. The number of amides is 4. The van der Waals surface area contributed by atoms with Gasteiger partial charge in [-0.3, -0.25) is 9.59 Å². The summed E-state index contributed by atoms with van der Waals surface area (Å²) in [6.07, 6.45) is 1.03. The molecule has 2 aromatic carbocycles. The molecule has 0 spiro atoms. The Morgan fingerprint density at radius 1 is 1.09 bits per heavy atom. The SMILES string of the molecule is CNC(=O)C[C@@H]1CC[C@@H]2[C@H](COc3ccc(NC(=O)Nc4ccc(F)cc4)cc3C(=O)N2C)O1. The minimum absolute atomic E-state index is 0.0894. The topological polar surface area (TPSA) is 109 Å². The van der Waals surface area contributed by atoms with Gasteiger partial charge in [-0.25, -0.2) is 9.18 Å². The van der Waals surface area contributed by atoms with Gasteiger partial charge in [0, 0.05) is 25.5 Å². The zero-order chi connectivity index (χ0) is 24.2. The standard InChI is InChI=1S/C24H27FN4O5/c1-26-22(30)12-17-8-9-19-21(34-17)13-33-20-10-7-16(11-18(20)23(31)29(19)2)28-24(32)27-15-5-3-14(25)4-6-15/h3-7,10-11,17,19,21H,8-9,12-13H2,1-2H3,(H,26,30)(H2,27,28,32)/t17-,19+,21-/m0/s1. The second-order valence-electron chi connectivity index (χ2n) is 8.34. The highest BCUT2D eigenvalue weighted by Crippen LogP contribution is 2.32. The van der Waals surface area contributed by atoms with E-state index < -0.39 is 11.8 Å². The average Bonchev–Trinajstić information content (AvgIpc) is 2.83. The zero-order valence-electron chi connectivity index (χ0n) is 19.0. The molecule has 0 radical (unpaired) electrons. The van der Waals surface area contributed by atoms with Crippen LogP contribution in [-0.2, 0) is 9.53 Å². The third kappa shape index (κ3) is 5.28. The van der Waals surface area contributed by atoms with E-state index in [4.69, 9.17) is 9.47 Å². The van der Waals surface area contributed by atoms with E-state index in [1.165, 1.54) is 24.3 Å². The molecule has 180 valence electrons. The fourth-order valence-corrected chi connectivity index (χ4v) is 4.24. The lowest BCUT2D eigenvalue weighted by molar-refractivity contribution is -0.133. The Bertz CT molecular complexity index is 1080. The van der Waals surface area contributed by atoms with Crippen LogP contribution in [0.2, 0.25) is 0 Å². The number of rotatable bonds is 4. The van der Waals surface area contributed by atoms with Crippen molar-refractivity contribution in [1.82, 2.24) is 10.2 Å². The fraction of sp³-hybridized carbons (Fsp3) is 0.375. The molecule has 3 N–H and O–H groups in total. The van der Waals surface area contributed by atoms with Crippen LogP contribution in [-0.4, -0.2) is 61.7 Å². The monoisotopic (exact) mass is 470 g/mol. The zero-order valence-corrected chi connectivity index (χ0v) is 19.0. The number of hydrogen-bond acceptors (Lipinski definition) is 5. The Labute approximate surface area is 196 Å². The van der Waals surface area contributed by atoms with Crippen molar-refractivity contribution in [3.05, 3.63) is 53.8 Å². The third-order valence-electron chi connectivity index (χ3n) is 6.06. The molecule has 2 aromatic rings. The summed E-state index contributed by atoms with van der Waals surface area (Å²) in [4.78, 5) is 39.0. The molecule has 0 unspecified atom stereocenters. The number of likely N-dealkylation sites (N-methyl/N-ethyl adjacent to an activating group) is 1. The number of fused-ring (bicyclic) bond motifs is 2. The van der Waals surface area contributed by atoms with Gasteiger partial charge in [-0.05, 0) is 55.3 Å². The van der Waals surface area contributed by atoms with E-state index in [1.807, 2.05) is 0 Å². The first kappa shape index (κ1) is 23.5. The average molecular weight is 471 g/mol. The minimum Gasteiger partial charge on any atom is -0.490 e. The summed E-state index contributed by atoms with van der Waals surface area (Å²) in [7, 11) is 3.31. The van der Waals surface area contributed by atoms with Crippen molar-refractivity contribution >= 4 is 29.2 Å². The van der Waals surface area contributed by atoms with Crippen molar-refractivity contribution in [2.45, 2.75) is 37.5 Å². The molecule has 9 nitrogen and oxygen atoms in total. The van der Waals surface area contributed by atoms with E-state index in [1.54, 1.807) is 37.2 Å². The Balaban J connectivity index is 1.46.